The molecular weight excluding hydrogens is 883 g/mol. The zero-order valence-electron chi connectivity index (χ0n) is 42.3. The monoisotopic (exact) mass is 978 g/mol. The molecule has 398 valence electrons. The van der Waals surface area contributed by atoms with Gasteiger partial charge in [0.05, 0.1) is 32.0 Å². The van der Waals surface area contributed by atoms with Crippen LogP contribution in [0.25, 0.3) is 0 Å². The molecule has 2 aliphatic heterocycles. The third-order valence-electron chi connectivity index (χ3n) is 12.6. The van der Waals surface area contributed by atoms with Gasteiger partial charge in [-0.1, -0.05) is 157 Å². The van der Waals surface area contributed by atoms with Gasteiger partial charge < -0.3 is 65.1 Å². The molecular formula is C55H95NO13. The minimum atomic E-state index is -1.80. The van der Waals surface area contributed by atoms with Crippen molar-refractivity contribution in [2.75, 3.05) is 19.8 Å². The van der Waals surface area contributed by atoms with Gasteiger partial charge in [-0.05, 0) is 83.5 Å². The molecule has 2 saturated heterocycles. The number of nitrogens with one attached hydrogen (secondary N) is 1. The number of rotatable bonds is 40. The van der Waals surface area contributed by atoms with Crippen LogP contribution in [0.5, 0.6) is 0 Å². The maximum Gasteiger partial charge on any atom is 0.220 e. The summed E-state index contributed by atoms with van der Waals surface area (Å²) in [5, 5.41) is 86.8. The summed E-state index contributed by atoms with van der Waals surface area (Å²) >= 11 is 0. The number of hydrogen-bond donors (Lipinski definition) is 9. The van der Waals surface area contributed by atoms with Crippen LogP contribution < -0.4 is 5.32 Å². The second-order valence-electron chi connectivity index (χ2n) is 18.6. The predicted octanol–water partition coefficient (Wildman–Crippen LogP) is 7.60. The molecule has 12 atom stereocenters. The number of allylic oxidation sites excluding steroid dienone is 11. The quantitative estimate of drug-likeness (QED) is 0.0213. The van der Waals surface area contributed by atoms with Crippen molar-refractivity contribution in [3.05, 3.63) is 72.9 Å². The Morgan fingerprint density at radius 1 is 0.522 bits per heavy atom. The zero-order valence-corrected chi connectivity index (χ0v) is 42.3. The molecule has 0 saturated carbocycles. The third kappa shape index (κ3) is 27.7. The second-order valence-corrected chi connectivity index (χ2v) is 18.6. The fourth-order valence-electron chi connectivity index (χ4n) is 8.21. The number of unbranched alkanes of at least 4 members (excludes halogenated alkanes) is 17. The van der Waals surface area contributed by atoms with E-state index in [9.17, 15) is 45.6 Å². The molecule has 14 nitrogen and oxygen atoms in total. The van der Waals surface area contributed by atoms with E-state index in [4.69, 9.17) is 18.9 Å². The van der Waals surface area contributed by atoms with Crippen molar-refractivity contribution in [2.24, 2.45) is 0 Å². The van der Waals surface area contributed by atoms with E-state index in [1.165, 1.54) is 64.2 Å². The molecule has 2 aliphatic rings. The number of amides is 1. The molecule has 14 heteroatoms. The molecule has 69 heavy (non-hydrogen) atoms. The molecule has 0 bridgehead atoms. The van der Waals surface area contributed by atoms with Crippen LogP contribution in [0.15, 0.2) is 72.9 Å². The molecule has 0 aromatic rings. The van der Waals surface area contributed by atoms with Crippen molar-refractivity contribution in [3.63, 3.8) is 0 Å². The zero-order chi connectivity index (χ0) is 50.3. The van der Waals surface area contributed by atoms with Crippen molar-refractivity contribution < 1.29 is 64.6 Å². The molecule has 2 fully saturated rings. The Morgan fingerprint density at radius 2 is 0.971 bits per heavy atom. The topological polar surface area (TPSA) is 228 Å². The largest absolute Gasteiger partial charge is 0.394 e. The Kier molecular flexibility index (Phi) is 37.1. The predicted molar refractivity (Wildman–Crippen MR) is 272 cm³/mol. The van der Waals surface area contributed by atoms with Crippen molar-refractivity contribution in [3.8, 4) is 0 Å². The van der Waals surface area contributed by atoms with Gasteiger partial charge in [0, 0.05) is 6.42 Å². The minimum Gasteiger partial charge on any atom is -0.394 e. The Labute approximate surface area is 415 Å². The first-order valence-electron chi connectivity index (χ1n) is 26.7. The van der Waals surface area contributed by atoms with Gasteiger partial charge in [0.2, 0.25) is 5.91 Å². The van der Waals surface area contributed by atoms with E-state index in [1.807, 2.05) is 6.08 Å². The highest BCUT2D eigenvalue weighted by Gasteiger charge is 2.51. The van der Waals surface area contributed by atoms with Crippen molar-refractivity contribution in [1.29, 1.82) is 0 Å². The van der Waals surface area contributed by atoms with Crippen LogP contribution in [0.2, 0.25) is 0 Å². The molecule has 2 rings (SSSR count). The molecule has 0 aliphatic carbocycles. The van der Waals surface area contributed by atoms with Crippen LogP contribution in [-0.2, 0) is 23.7 Å². The van der Waals surface area contributed by atoms with Gasteiger partial charge in [0.1, 0.15) is 48.8 Å². The summed E-state index contributed by atoms with van der Waals surface area (Å²) < 4.78 is 22.7. The van der Waals surface area contributed by atoms with E-state index < -0.39 is 86.8 Å². The number of ether oxygens (including phenoxy) is 4. The smallest absolute Gasteiger partial charge is 0.220 e. The first-order chi connectivity index (χ1) is 33.6. The fraction of sp³-hybridized carbons (Fsp3) is 0.764. The average molecular weight is 978 g/mol. The lowest BCUT2D eigenvalue weighted by molar-refractivity contribution is -0.359. The van der Waals surface area contributed by atoms with Gasteiger partial charge in [0.15, 0.2) is 12.6 Å². The maximum atomic E-state index is 13.2. The van der Waals surface area contributed by atoms with Gasteiger partial charge in [-0.3, -0.25) is 4.79 Å². The molecule has 0 radical (unpaired) electrons. The highest BCUT2D eigenvalue weighted by atomic mass is 16.7. The molecule has 1 amide bonds. The first-order valence-corrected chi connectivity index (χ1v) is 26.7. The number of hydrogen-bond acceptors (Lipinski definition) is 13. The lowest BCUT2D eigenvalue weighted by atomic mass is 9.97. The van der Waals surface area contributed by atoms with Gasteiger partial charge in [0.25, 0.3) is 0 Å². The van der Waals surface area contributed by atoms with Crippen LogP contribution in [0.4, 0.5) is 0 Å². The number of aliphatic hydroxyl groups excluding tert-OH is 8. The van der Waals surface area contributed by atoms with E-state index in [2.05, 4.69) is 79.9 Å². The summed E-state index contributed by atoms with van der Waals surface area (Å²) in [6.07, 6.45) is 35.0. The summed E-state index contributed by atoms with van der Waals surface area (Å²) in [6, 6.07) is -0.947. The molecule has 2 heterocycles. The van der Waals surface area contributed by atoms with Gasteiger partial charge in [-0.15, -0.1) is 0 Å². The van der Waals surface area contributed by atoms with Gasteiger partial charge in [-0.2, -0.15) is 0 Å². The molecule has 9 N–H and O–H groups in total. The van der Waals surface area contributed by atoms with Crippen LogP contribution in [0.3, 0.4) is 0 Å². The number of carbonyl (C=O) groups excluding carboxylic acids is 1. The standard InChI is InChI=1S/C55H95NO13/c1-3-5-7-9-11-13-15-17-19-21-22-23-25-27-29-31-33-35-37-39-47(60)56-43(44(59)38-36-34-32-30-28-26-24-20-18-16-14-12-10-8-6-4-2)42-66-54-52(65)50(63)53(46(41-58)68-54)69-55-51(64)49(62)48(61)45(40-57)67-55/h11,13,17-20,22-23,28,30,36,38,43-46,48-55,57-59,61-65H,3-10,12,14-16,21,24-27,29,31-35,37,39-42H2,1-2H3,(H,56,60)/b13-11-,19-17-,20-18+,23-22-,30-28+,38-36+. The van der Waals surface area contributed by atoms with E-state index in [-0.39, 0.29) is 18.9 Å². The SMILES string of the molecule is CCCCC/C=C\C/C=C\C/C=C\CCCCCCCCC(=O)NC(COC1OC(CO)C(OC2OC(CO)C(O)C(O)C2O)C(O)C1O)C(O)/C=C/CC/C=C/CC/C=C/CCCCCCCC. The summed E-state index contributed by atoms with van der Waals surface area (Å²) in [6.45, 7) is 2.70. The van der Waals surface area contributed by atoms with Crippen LogP contribution >= 0.6 is 0 Å². The highest BCUT2D eigenvalue weighted by Crippen LogP contribution is 2.30. The van der Waals surface area contributed by atoms with Crippen LogP contribution in [-0.4, -0.2) is 140 Å². The lowest BCUT2D eigenvalue weighted by Crippen LogP contribution is -2.65. The minimum absolute atomic E-state index is 0.252. The van der Waals surface area contributed by atoms with E-state index >= 15 is 0 Å². The number of aliphatic hydroxyl groups is 8. The van der Waals surface area contributed by atoms with Crippen molar-refractivity contribution >= 4 is 5.91 Å². The molecule has 12 unspecified atom stereocenters. The average Bonchev–Trinajstić information content (AvgIpc) is 3.35. The molecule has 0 aromatic heterocycles. The summed E-state index contributed by atoms with van der Waals surface area (Å²) in [7, 11) is 0. The normalized spacial score (nSPS) is 26.8. The fourth-order valence-corrected chi connectivity index (χ4v) is 8.21. The first kappa shape index (κ1) is 62.5. The lowest BCUT2D eigenvalue weighted by Gasteiger charge is -2.46. The van der Waals surface area contributed by atoms with E-state index in [1.54, 1.807) is 6.08 Å². The maximum absolute atomic E-state index is 13.2. The highest BCUT2D eigenvalue weighted by molar-refractivity contribution is 5.76. The van der Waals surface area contributed by atoms with Gasteiger partial charge in [-0.25, -0.2) is 0 Å². The summed E-state index contributed by atoms with van der Waals surface area (Å²) in [4.78, 5) is 13.2. The molecule has 0 spiro atoms. The number of carbonyl (C=O) groups is 1. The third-order valence-corrected chi connectivity index (χ3v) is 12.6. The summed E-state index contributed by atoms with van der Waals surface area (Å²) in [5.74, 6) is -0.270. The van der Waals surface area contributed by atoms with Gasteiger partial charge >= 0.3 is 0 Å². The Hall–Kier alpha value is -2.57. The molecule has 0 aromatic carbocycles. The van der Waals surface area contributed by atoms with Crippen LogP contribution in [0.1, 0.15) is 174 Å². The van der Waals surface area contributed by atoms with Crippen molar-refractivity contribution in [1.82, 2.24) is 5.32 Å². The van der Waals surface area contributed by atoms with E-state index in [0.29, 0.717) is 12.8 Å². The van der Waals surface area contributed by atoms with E-state index in [0.717, 1.165) is 77.0 Å². The Morgan fingerprint density at radius 3 is 1.55 bits per heavy atom. The second kappa shape index (κ2) is 41.0. The Balaban J connectivity index is 1.86. The Bertz CT molecular complexity index is 1430. The summed E-state index contributed by atoms with van der Waals surface area (Å²) in [5.41, 5.74) is 0. The van der Waals surface area contributed by atoms with Crippen LogP contribution in [0, 0.1) is 0 Å². The van der Waals surface area contributed by atoms with Crippen molar-refractivity contribution in [2.45, 2.75) is 248 Å².